The van der Waals surface area contributed by atoms with Gasteiger partial charge in [0, 0.05) is 34.4 Å². The van der Waals surface area contributed by atoms with Crippen LogP contribution in [0.25, 0.3) is 0 Å². The number of halogens is 1. The van der Waals surface area contributed by atoms with Crippen LogP contribution in [0, 0.1) is 5.41 Å². The van der Waals surface area contributed by atoms with E-state index in [4.69, 9.17) is 16.6 Å². The number of hydrogen-bond acceptors (Lipinski definition) is 5. The quantitative estimate of drug-likeness (QED) is 0.361. The van der Waals surface area contributed by atoms with E-state index in [9.17, 15) is 9.59 Å². The summed E-state index contributed by atoms with van der Waals surface area (Å²) in [6.45, 7) is 6.33. The van der Waals surface area contributed by atoms with Gasteiger partial charge in [-0.2, -0.15) is 0 Å². The molecule has 30 heavy (non-hydrogen) atoms. The second kappa shape index (κ2) is 8.23. The molecule has 0 amide bonds. The Bertz CT molecular complexity index is 1090. The van der Waals surface area contributed by atoms with Gasteiger partial charge in [-0.15, -0.1) is 0 Å². The molecule has 2 aromatic rings. The number of aromatic nitrogens is 2. The first kappa shape index (κ1) is 21.2. The molecule has 1 aliphatic carbocycles. The number of thioether (sulfide) groups is 1. The Balaban J connectivity index is 1.87. The van der Waals surface area contributed by atoms with Gasteiger partial charge in [0.25, 0.3) is 5.56 Å². The summed E-state index contributed by atoms with van der Waals surface area (Å²) in [7, 11) is 0. The lowest BCUT2D eigenvalue weighted by Crippen LogP contribution is -2.37. The number of hydrogen-bond donors (Lipinski definition) is 2. The van der Waals surface area contributed by atoms with Crippen LogP contribution in [-0.2, 0) is 4.79 Å². The zero-order chi connectivity index (χ0) is 21.5. The minimum Gasteiger partial charge on any atom is -0.343 e. The number of Topliss-reactive ketones (excluding diaryl/α,β-unsaturated/α-hetero) is 1. The van der Waals surface area contributed by atoms with Crippen LogP contribution >= 0.6 is 23.4 Å². The fourth-order valence-corrected chi connectivity index (χ4v) is 5.44. The molecule has 0 radical (unpaired) electrons. The minimum atomic E-state index is -0.468. The number of allylic oxidation sites excluding steroid dienone is 2. The van der Waals surface area contributed by atoms with Gasteiger partial charge in [0.1, 0.15) is 5.82 Å². The summed E-state index contributed by atoms with van der Waals surface area (Å²) in [4.78, 5) is 34.0. The Hall–Kier alpha value is -2.05. The number of nitrogens with zero attached hydrogens (tertiary/aromatic N) is 1. The van der Waals surface area contributed by atoms with Crippen LogP contribution < -0.4 is 10.9 Å². The minimum absolute atomic E-state index is 0.0742. The lowest BCUT2D eigenvalue weighted by Gasteiger charge is -2.38. The SMILES string of the molecule is CCCCSc1nc2c(c(=O)[nH]1)C(c1cccc(Cl)c1)C1=C(CC(C)(C)CC1=O)N2. The van der Waals surface area contributed by atoms with Crippen LogP contribution in [0.15, 0.2) is 45.5 Å². The van der Waals surface area contributed by atoms with E-state index < -0.39 is 5.92 Å². The molecule has 4 rings (SSSR count). The summed E-state index contributed by atoms with van der Waals surface area (Å²) in [5, 5.41) is 4.54. The Kier molecular flexibility index (Phi) is 5.82. The van der Waals surface area contributed by atoms with Crippen molar-refractivity contribution >= 4 is 35.0 Å². The summed E-state index contributed by atoms with van der Waals surface area (Å²) in [6.07, 6.45) is 3.33. The molecule has 5 nitrogen and oxygen atoms in total. The van der Waals surface area contributed by atoms with E-state index in [2.05, 4.69) is 31.1 Å². The van der Waals surface area contributed by atoms with E-state index in [1.165, 1.54) is 0 Å². The van der Waals surface area contributed by atoms with Gasteiger partial charge in [-0.1, -0.05) is 62.7 Å². The van der Waals surface area contributed by atoms with E-state index >= 15 is 0 Å². The number of nitrogens with one attached hydrogen (secondary N) is 2. The number of carbonyl (C=O) groups excluding carboxylic acids is 1. The molecule has 2 aliphatic rings. The van der Waals surface area contributed by atoms with Crippen LogP contribution in [0.5, 0.6) is 0 Å². The van der Waals surface area contributed by atoms with Crippen molar-refractivity contribution in [3.63, 3.8) is 0 Å². The van der Waals surface area contributed by atoms with Gasteiger partial charge in [-0.25, -0.2) is 4.98 Å². The molecule has 7 heteroatoms. The topological polar surface area (TPSA) is 74.8 Å². The number of benzene rings is 1. The molecular formula is C23H26ClN3O2S. The maximum absolute atomic E-state index is 13.2. The van der Waals surface area contributed by atoms with Gasteiger partial charge in [0.05, 0.1) is 5.56 Å². The lowest BCUT2D eigenvalue weighted by molar-refractivity contribution is -0.118. The second-order valence-corrected chi connectivity index (χ2v) is 10.3. The molecule has 1 aliphatic heterocycles. The normalized spacial score (nSPS) is 19.9. The summed E-state index contributed by atoms with van der Waals surface area (Å²) in [5.41, 5.74) is 2.52. The largest absolute Gasteiger partial charge is 0.343 e. The predicted molar refractivity (Wildman–Crippen MR) is 122 cm³/mol. The highest BCUT2D eigenvalue weighted by molar-refractivity contribution is 7.99. The number of ketones is 1. The standard InChI is InChI=1S/C23H26ClN3O2S/c1-4-5-9-30-22-26-20-19(21(29)27-22)17(13-7-6-8-14(24)10-13)18-15(25-20)11-23(2,3)12-16(18)28/h6-8,10,17H,4-5,9,11-12H2,1-3H3,(H2,25,26,27,29). The van der Waals surface area contributed by atoms with Crippen molar-refractivity contribution in [2.24, 2.45) is 5.41 Å². The number of aromatic amines is 1. The summed E-state index contributed by atoms with van der Waals surface area (Å²) >= 11 is 7.81. The van der Waals surface area contributed by atoms with E-state index in [1.807, 2.05) is 18.2 Å². The summed E-state index contributed by atoms with van der Waals surface area (Å²) < 4.78 is 0. The predicted octanol–water partition coefficient (Wildman–Crippen LogP) is 5.52. The molecule has 1 unspecified atom stereocenters. The second-order valence-electron chi connectivity index (χ2n) is 8.78. The van der Waals surface area contributed by atoms with Crippen molar-refractivity contribution in [3.8, 4) is 0 Å². The average Bonchev–Trinajstić information content (AvgIpc) is 2.65. The number of fused-ring (bicyclic) bond motifs is 1. The smallest absolute Gasteiger partial charge is 0.257 e. The fourth-order valence-electron chi connectivity index (χ4n) is 4.29. The van der Waals surface area contributed by atoms with E-state index in [0.29, 0.717) is 33.6 Å². The van der Waals surface area contributed by atoms with Gasteiger partial charge < -0.3 is 10.3 Å². The molecule has 0 spiro atoms. The van der Waals surface area contributed by atoms with Crippen LogP contribution in [0.2, 0.25) is 5.02 Å². The van der Waals surface area contributed by atoms with Crippen molar-refractivity contribution in [2.75, 3.05) is 11.1 Å². The maximum Gasteiger partial charge on any atom is 0.257 e. The highest BCUT2D eigenvalue weighted by atomic mass is 35.5. The number of unbranched alkanes of at least 4 members (excludes halogenated alkanes) is 1. The van der Waals surface area contributed by atoms with Gasteiger partial charge in [0.2, 0.25) is 0 Å². The van der Waals surface area contributed by atoms with Crippen molar-refractivity contribution in [2.45, 2.75) is 57.5 Å². The molecule has 0 saturated carbocycles. The van der Waals surface area contributed by atoms with Gasteiger partial charge in [-0.3, -0.25) is 9.59 Å². The van der Waals surface area contributed by atoms with Gasteiger partial charge >= 0.3 is 0 Å². The van der Waals surface area contributed by atoms with Crippen molar-refractivity contribution < 1.29 is 4.79 Å². The Labute approximate surface area is 185 Å². The zero-order valence-electron chi connectivity index (χ0n) is 17.5. The van der Waals surface area contributed by atoms with Crippen LogP contribution in [0.1, 0.15) is 63.5 Å². The van der Waals surface area contributed by atoms with Gasteiger partial charge in [-0.05, 0) is 36.0 Å². The van der Waals surface area contributed by atoms with Crippen LogP contribution in [0.3, 0.4) is 0 Å². The monoisotopic (exact) mass is 443 g/mol. The highest BCUT2D eigenvalue weighted by Gasteiger charge is 2.42. The van der Waals surface area contributed by atoms with E-state index in [1.54, 1.807) is 17.8 Å². The third-order valence-electron chi connectivity index (χ3n) is 5.62. The molecule has 0 saturated heterocycles. The molecule has 158 valence electrons. The molecule has 0 fully saturated rings. The van der Waals surface area contributed by atoms with Crippen LogP contribution in [0.4, 0.5) is 5.82 Å². The number of rotatable bonds is 5. The summed E-state index contributed by atoms with van der Waals surface area (Å²) in [5.74, 6) is 1.05. The van der Waals surface area contributed by atoms with Crippen molar-refractivity contribution in [3.05, 3.63) is 62.0 Å². The molecule has 2 heterocycles. The van der Waals surface area contributed by atoms with Crippen LogP contribution in [-0.4, -0.2) is 21.5 Å². The van der Waals surface area contributed by atoms with Gasteiger partial charge in [0.15, 0.2) is 10.9 Å². The maximum atomic E-state index is 13.2. The Morgan fingerprint density at radius 2 is 2.07 bits per heavy atom. The number of carbonyl (C=O) groups is 1. The van der Waals surface area contributed by atoms with E-state index in [0.717, 1.165) is 36.3 Å². The fraction of sp³-hybridized carbons (Fsp3) is 0.435. The first-order chi connectivity index (χ1) is 14.3. The first-order valence-electron chi connectivity index (χ1n) is 10.3. The third kappa shape index (κ3) is 4.08. The Morgan fingerprint density at radius 3 is 2.80 bits per heavy atom. The lowest BCUT2D eigenvalue weighted by atomic mass is 9.69. The molecular weight excluding hydrogens is 418 g/mol. The molecule has 0 bridgehead atoms. The molecule has 2 N–H and O–H groups in total. The first-order valence-corrected chi connectivity index (χ1v) is 11.7. The van der Waals surface area contributed by atoms with Crippen molar-refractivity contribution in [1.29, 1.82) is 0 Å². The molecule has 1 atom stereocenters. The average molecular weight is 444 g/mol. The third-order valence-corrected chi connectivity index (χ3v) is 6.81. The van der Waals surface area contributed by atoms with E-state index in [-0.39, 0.29) is 16.8 Å². The zero-order valence-corrected chi connectivity index (χ0v) is 19.0. The molecule has 1 aromatic heterocycles. The molecule has 1 aromatic carbocycles. The van der Waals surface area contributed by atoms with Crippen molar-refractivity contribution in [1.82, 2.24) is 9.97 Å². The summed E-state index contributed by atoms with van der Waals surface area (Å²) in [6, 6.07) is 7.41. The highest BCUT2D eigenvalue weighted by Crippen LogP contribution is 2.47. The Morgan fingerprint density at radius 1 is 1.27 bits per heavy atom. The number of H-pyrrole nitrogens is 1. The number of anilines is 1.